The Morgan fingerprint density at radius 2 is 2.07 bits per heavy atom. The molecule has 0 saturated carbocycles. The second kappa shape index (κ2) is 6.22. The van der Waals surface area contributed by atoms with Gasteiger partial charge in [0.2, 0.25) is 0 Å². The number of hydrogen-bond acceptors (Lipinski definition) is 1. The maximum absolute atomic E-state index is 11.1. The van der Waals surface area contributed by atoms with Crippen LogP contribution >= 0.6 is 15.9 Å². The highest BCUT2D eigenvalue weighted by Gasteiger charge is 1.91. The van der Waals surface area contributed by atoms with Crippen molar-refractivity contribution >= 4 is 21.8 Å². The molecule has 0 saturated heterocycles. The molecular weight excluding hydrogens is 242 g/mol. The lowest BCUT2D eigenvalue weighted by Crippen LogP contribution is -2.23. The topological polar surface area (TPSA) is 29.1 Å². The smallest absolute Gasteiger partial charge is 0.296 e. The third-order valence-corrected chi connectivity index (χ3v) is 1.87. The highest BCUT2D eigenvalue weighted by molar-refractivity contribution is 9.09. The first-order chi connectivity index (χ1) is 6.83. The molecule has 2 nitrogen and oxygen atoms in total. The third-order valence-electron chi connectivity index (χ3n) is 1.47. The molecule has 0 heterocycles. The van der Waals surface area contributed by atoms with Crippen molar-refractivity contribution in [1.82, 2.24) is 5.32 Å². The van der Waals surface area contributed by atoms with Gasteiger partial charge in [-0.1, -0.05) is 40.0 Å². The van der Waals surface area contributed by atoms with Gasteiger partial charge in [0.25, 0.3) is 5.91 Å². The average molecular weight is 252 g/mol. The predicted molar refractivity (Wildman–Crippen MR) is 60.1 cm³/mol. The Morgan fingerprint density at radius 1 is 1.36 bits per heavy atom. The summed E-state index contributed by atoms with van der Waals surface area (Å²) in [6.45, 7) is 0.600. The zero-order valence-corrected chi connectivity index (χ0v) is 9.17. The van der Waals surface area contributed by atoms with Crippen LogP contribution in [0.2, 0.25) is 0 Å². The maximum Gasteiger partial charge on any atom is 0.296 e. The molecule has 0 aliphatic rings. The highest BCUT2D eigenvalue weighted by atomic mass is 79.9. The first-order valence-corrected chi connectivity index (χ1v) is 5.36. The standard InChI is InChI=1S/C11H10BrNO/c12-8-9-13-11(14)7-6-10-4-2-1-3-5-10/h1-5H,8-9H2,(H,13,14). The van der Waals surface area contributed by atoms with Crippen LogP contribution in [-0.2, 0) is 4.79 Å². The molecule has 72 valence electrons. The molecule has 1 N–H and O–H groups in total. The minimum Gasteiger partial charge on any atom is -0.344 e. The normalized spacial score (nSPS) is 8.64. The molecule has 1 rings (SSSR count). The summed E-state index contributed by atoms with van der Waals surface area (Å²) in [6, 6.07) is 9.42. The molecule has 1 aromatic rings. The number of alkyl halides is 1. The van der Waals surface area contributed by atoms with Crippen LogP contribution in [0.1, 0.15) is 5.56 Å². The summed E-state index contributed by atoms with van der Waals surface area (Å²) in [4.78, 5) is 11.1. The van der Waals surface area contributed by atoms with Crippen molar-refractivity contribution in [3.05, 3.63) is 35.9 Å². The maximum atomic E-state index is 11.1. The van der Waals surface area contributed by atoms with Gasteiger partial charge in [-0.2, -0.15) is 0 Å². The van der Waals surface area contributed by atoms with Crippen LogP contribution in [0.25, 0.3) is 0 Å². The Morgan fingerprint density at radius 3 is 2.71 bits per heavy atom. The number of rotatable bonds is 2. The van der Waals surface area contributed by atoms with E-state index in [9.17, 15) is 4.79 Å². The van der Waals surface area contributed by atoms with Gasteiger partial charge >= 0.3 is 0 Å². The van der Waals surface area contributed by atoms with Gasteiger partial charge in [0.05, 0.1) is 0 Å². The lowest BCUT2D eigenvalue weighted by Gasteiger charge is -1.93. The molecular formula is C11H10BrNO. The van der Waals surface area contributed by atoms with Crippen LogP contribution in [0.3, 0.4) is 0 Å². The van der Waals surface area contributed by atoms with Gasteiger partial charge < -0.3 is 5.32 Å². The summed E-state index contributed by atoms with van der Waals surface area (Å²) in [5.74, 6) is 5.05. The Bertz CT molecular complexity index is 351. The van der Waals surface area contributed by atoms with E-state index in [1.54, 1.807) is 0 Å². The summed E-state index contributed by atoms with van der Waals surface area (Å²) in [5.41, 5.74) is 0.849. The summed E-state index contributed by atoms with van der Waals surface area (Å²) in [6.07, 6.45) is 0. The van der Waals surface area contributed by atoms with Crippen molar-refractivity contribution in [1.29, 1.82) is 0 Å². The number of benzene rings is 1. The van der Waals surface area contributed by atoms with Crippen molar-refractivity contribution in [3.8, 4) is 11.8 Å². The van der Waals surface area contributed by atoms with Crippen LogP contribution in [0.5, 0.6) is 0 Å². The SMILES string of the molecule is O=C(C#Cc1ccccc1)NCCBr. The van der Waals surface area contributed by atoms with E-state index in [0.717, 1.165) is 10.9 Å². The van der Waals surface area contributed by atoms with E-state index >= 15 is 0 Å². The van der Waals surface area contributed by atoms with E-state index in [-0.39, 0.29) is 5.91 Å². The Hall–Kier alpha value is -1.27. The molecule has 0 fully saturated rings. The fourth-order valence-electron chi connectivity index (χ4n) is 0.855. The van der Waals surface area contributed by atoms with Gasteiger partial charge in [-0.25, -0.2) is 0 Å². The Labute approximate surface area is 91.8 Å². The van der Waals surface area contributed by atoms with E-state index in [0.29, 0.717) is 6.54 Å². The Kier molecular flexibility index (Phi) is 4.81. The molecule has 1 aromatic carbocycles. The van der Waals surface area contributed by atoms with Crippen LogP contribution < -0.4 is 5.32 Å². The minimum absolute atomic E-state index is 0.242. The largest absolute Gasteiger partial charge is 0.344 e. The van der Waals surface area contributed by atoms with Crippen molar-refractivity contribution in [3.63, 3.8) is 0 Å². The number of amides is 1. The number of halogens is 1. The van der Waals surface area contributed by atoms with Gasteiger partial charge in [0.15, 0.2) is 0 Å². The molecule has 14 heavy (non-hydrogen) atoms. The summed E-state index contributed by atoms with van der Waals surface area (Å²) < 4.78 is 0. The van der Waals surface area contributed by atoms with Gasteiger partial charge in [-0.05, 0) is 12.1 Å². The van der Waals surface area contributed by atoms with Crippen LogP contribution in [0, 0.1) is 11.8 Å². The summed E-state index contributed by atoms with van der Waals surface area (Å²) in [5, 5.41) is 3.38. The van der Waals surface area contributed by atoms with E-state index < -0.39 is 0 Å². The van der Waals surface area contributed by atoms with Crippen LogP contribution in [0.4, 0.5) is 0 Å². The summed E-state index contributed by atoms with van der Waals surface area (Å²) in [7, 11) is 0. The second-order valence-electron chi connectivity index (χ2n) is 2.56. The average Bonchev–Trinajstić information content (AvgIpc) is 2.25. The number of nitrogens with one attached hydrogen (secondary N) is 1. The zero-order valence-electron chi connectivity index (χ0n) is 7.59. The molecule has 0 aliphatic carbocycles. The van der Waals surface area contributed by atoms with Crippen molar-refractivity contribution in [2.24, 2.45) is 0 Å². The van der Waals surface area contributed by atoms with Gasteiger partial charge in [-0.15, -0.1) is 0 Å². The zero-order chi connectivity index (χ0) is 10.2. The third kappa shape index (κ3) is 4.11. The van der Waals surface area contributed by atoms with Crippen molar-refractivity contribution in [2.75, 3.05) is 11.9 Å². The summed E-state index contributed by atoms with van der Waals surface area (Å²) >= 11 is 3.21. The van der Waals surface area contributed by atoms with Crippen LogP contribution in [0.15, 0.2) is 30.3 Å². The minimum atomic E-state index is -0.242. The molecule has 0 aliphatic heterocycles. The highest BCUT2D eigenvalue weighted by Crippen LogP contribution is 1.94. The molecule has 0 atom stereocenters. The predicted octanol–water partition coefficient (Wildman–Crippen LogP) is 1.55. The first kappa shape index (κ1) is 10.8. The van der Waals surface area contributed by atoms with E-state index in [1.165, 1.54) is 0 Å². The molecule has 3 heteroatoms. The molecule has 0 unspecified atom stereocenters. The monoisotopic (exact) mass is 251 g/mol. The number of carbonyl (C=O) groups is 1. The molecule has 0 radical (unpaired) electrons. The fraction of sp³-hybridized carbons (Fsp3) is 0.182. The van der Waals surface area contributed by atoms with Gasteiger partial charge in [-0.3, -0.25) is 4.79 Å². The number of hydrogen-bond donors (Lipinski definition) is 1. The quantitative estimate of drug-likeness (QED) is 0.628. The lowest BCUT2D eigenvalue weighted by atomic mass is 10.2. The van der Waals surface area contributed by atoms with Crippen molar-refractivity contribution < 1.29 is 4.79 Å². The molecule has 1 amide bonds. The second-order valence-corrected chi connectivity index (χ2v) is 3.35. The van der Waals surface area contributed by atoms with Gasteiger partial charge in [0.1, 0.15) is 0 Å². The first-order valence-electron chi connectivity index (χ1n) is 4.24. The fourth-order valence-corrected chi connectivity index (χ4v) is 1.05. The molecule has 0 spiro atoms. The lowest BCUT2D eigenvalue weighted by molar-refractivity contribution is -0.115. The molecule has 0 aromatic heterocycles. The number of carbonyl (C=O) groups excluding carboxylic acids is 1. The van der Waals surface area contributed by atoms with Gasteiger partial charge in [0, 0.05) is 23.4 Å². The van der Waals surface area contributed by atoms with E-state index in [2.05, 4.69) is 33.1 Å². The van der Waals surface area contributed by atoms with E-state index in [1.807, 2.05) is 30.3 Å². The van der Waals surface area contributed by atoms with Crippen molar-refractivity contribution in [2.45, 2.75) is 0 Å². The van der Waals surface area contributed by atoms with E-state index in [4.69, 9.17) is 0 Å². The molecule has 0 bridgehead atoms. The Balaban J connectivity index is 2.51. The van der Waals surface area contributed by atoms with Crippen LogP contribution in [-0.4, -0.2) is 17.8 Å².